The van der Waals surface area contributed by atoms with Crippen LogP contribution in [0.4, 0.5) is 0 Å². The van der Waals surface area contributed by atoms with Gasteiger partial charge in [-0.25, -0.2) is 4.57 Å². The smallest absolute Gasteiger partial charge is 0.300 e. The van der Waals surface area contributed by atoms with E-state index in [1.165, 1.54) is 0 Å². The highest BCUT2D eigenvalue weighted by molar-refractivity contribution is 7.74. The Morgan fingerprint density at radius 2 is 1.69 bits per heavy atom. The average Bonchev–Trinajstić information content (AvgIpc) is 2.00. The first-order valence-electron chi connectivity index (χ1n) is 2.44. The Bertz CT molecular complexity index is 239. The van der Waals surface area contributed by atoms with Gasteiger partial charge in [0.2, 0.25) is 0 Å². The summed E-state index contributed by atoms with van der Waals surface area (Å²) in [5, 5.41) is 0. The van der Waals surface area contributed by atoms with Gasteiger partial charge >= 0.3 is 24.2 Å². The lowest BCUT2D eigenvalue weighted by Gasteiger charge is -2.00. The topological polar surface area (TPSA) is 155 Å². The molecule has 13 heavy (non-hydrogen) atoms. The Hall–Kier alpha value is 0.730. The lowest BCUT2D eigenvalue weighted by atomic mass is 14.9. The van der Waals surface area contributed by atoms with E-state index >= 15 is 0 Å². The fraction of sp³-hybridized carbons (Fsp3) is 0. The minimum Gasteiger partial charge on any atom is -0.300 e. The van der Waals surface area contributed by atoms with Gasteiger partial charge in [0, 0.05) is 0 Å². The van der Waals surface area contributed by atoms with E-state index in [2.05, 4.69) is 18.0 Å². The molecule has 0 aliphatic carbocycles. The molecule has 1 aliphatic rings. The fourth-order valence-corrected chi connectivity index (χ4v) is 3.96. The summed E-state index contributed by atoms with van der Waals surface area (Å²) < 4.78 is 25.0. The van der Waals surface area contributed by atoms with Crippen LogP contribution in [0.5, 0.6) is 0 Å². The second kappa shape index (κ2) is 3.39. The summed E-state index contributed by atoms with van der Waals surface area (Å²) in [5.74, 6) is 0. The zero-order valence-corrected chi connectivity index (χ0v) is 8.30. The van der Waals surface area contributed by atoms with Crippen molar-refractivity contribution in [3.05, 3.63) is 0 Å². The van der Waals surface area contributed by atoms with Crippen LogP contribution >= 0.6 is 24.2 Å². The van der Waals surface area contributed by atoms with Crippen LogP contribution in [-0.4, -0.2) is 24.5 Å². The molecule has 13 heteroatoms. The van der Waals surface area contributed by atoms with Crippen molar-refractivity contribution in [3.63, 3.8) is 0 Å². The molecule has 0 spiro atoms. The fourth-order valence-electron chi connectivity index (χ4n) is 0.410. The summed E-state index contributed by atoms with van der Waals surface area (Å²) in [7, 11) is -14.0. The van der Waals surface area contributed by atoms with Crippen molar-refractivity contribution in [2.75, 3.05) is 0 Å². The monoisotopic (exact) mass is 258 g/mol. The van der Waals surface area contributed by atoms with Gasteiger partial charge in [-0.15, -0.1) is 0 Å². The summed E-state index contributed by atoms with van der Waals surface area (Å²) in [6.45, 7) is 0. The molecule has 0 amide bonds. The van der Waals surface area contributed by atoms with Gasteiger partial charge in [-0.3, -0.25) is 0 Å². The Balaban J connectivity index is 2.66. The van der Waals surface area contributed by atoms with E-state index in [0.29, 0.717) is 0 Å². The molecule has 1 unspecified atom stereocenters. The molecule has 5 N–H and O–H groups in total. The molecular weight excluding hydrogens is 253 g/mol. The van der Waals surface area contributed by atoms with E-state index in [4.69, 9.17) is 24.5 Å². The van der Waals surface area contributed by atoms with Crippen LogP contribution in [-0.2, 0) is 22.5 Å². The van der Waals surface area contributed by atoms with Crippen LogP contribution < -0.4 is 0 Å². The van der Waals surface area contributed by atoms with Crippen LogP contribution in [0.3, 0.4) is 0 Å². The number of rotatable bonds is 2. The zero-order chi connectivity index (χ0) is 10.3. The molecule has 0 saturated carbocycles. The maximum atomic E-state index is 10.2. The van der Waals surface area contributed by atoms with Crippen molar-refractivity contribution >= 4 is 24.2 Å². The quantitative estimate of drug-likeness (QED) is 0.320. The molecule has 0 aromatic carbocycles. The Labute approximate surface area is 72.1 Å². The number of hydrogen-bond donors (Lipinski definition) is 5. The van der Waals surface area contributed by atoms with Gasteiger partial charge in [-0.05, 0) is 4.31 Å². The highest BCUT2D eigenvalue weighted by Gasteiger charge is 2.77. The molecule has 0 bridgehead atoms. The van der Waals surface area contributed by atoms with Crippen LogP contribution in [0.1, 0.15) is 0 Å². The normalized spacial score (nSPS) is 33.6. The van der Waals surface area contributed by atoms with Crippen LogP contribution in [0.2, 0.25) is 0 Å². The summed E-state index contributed by atoms with van der Waals surface area (Å²) in [5.41, 5.74) is 0. The molecule has 1 fully saturated rings. The first-order valence-corrected chi connectivity index (χ1v) is 7.00. The van der Waals surface area contributed by atoms with E-state index in [9.17, 15) is 4.57 Å². The molecule has 1 heterocycles. The third-order valence-corrected chi connectivity index (χ3v) is 4.65. The number of phosphoric acid groups is 1. The molecule has 10 nitrogen and oxygen atoms in total. The largest absolute Gasteiger partial charge is 0.666 e. The van der Waals surface area contributed by atoms with E-state index in [0.717, 1.165) is 0 Å². The standard InChI is InChI=1S/H3O10P3/c1-11(2,3)9-13(6)8-7-12(4,5)10-13/h4-6H/p+2. The Morgan fingerprint density at radius 3 is 2.00 bits per heavy atom. The molecule has 1 aliphatic heterocycles. The Morgan fingerprint density at radius 1 is 1.15 bits per heavy atom. The Kier molecular flexibility index (Phi) is 3.08. The van der Waals surface area contributed by atoms with Crippen LogP contribution in [0.15, 0.2) is 0 Å². The molecule has 0 aromatic heterocycles. The van der Waals surface area contributed by atoms with Gasteiger partial charge in [-0.1, -0.05) is 0 Å². The van der Waals surface area contributed by atoms with Gasteiger partial charge in [-0.2, -0.15) is 14.7 Å². The predicted molar refractivity (Wildman–Crippen MR) is 36.9 cm³/mol. The van der Waals surface area contributed by atoms with Crippen molar-refractivity contribution in [3.8, 4) is 0 Å². The maximum absolute atomic E-state index is 10.2. The van der Waals surface area contributed by atoms with E-state index < -0.39 is 24.2 Å². The zero-order valence-electron chi connectivity index (χ0n) is 5.62. The second-order valence-corrected chi connectivity index (χ2v) is 6.27. The van der Waals surface area contributed by atoms with Gasteiger partial charge in [0.1, 0.15) is 4.31 Å². The molecule has 0 radical (unpaired) electrons. The van der Waals surface area contributed by atoms with Gasteiger partial charge in [0.05, 0.1) is 9.35 Å². The van der Waals surface area contributed by atoms with Crippen molar-refractivity contribution < 1.29 is 47.0 Å². The van der Waals surface area contributed by atoms with E-state index in [1.54, 1.807) is 0 Å². The van der Waals surface area contributed by atoms with Crippen molar-refractivity contribution in [1.29, 1.82) is 0 Å². The minimum atomic E-state index is -5.07. The van der Waals surface area contributed by atoms with Crippen LogP contribution in [0.25, 0.3) is 0 Å². The van der Waals surface area contributed by atoms with Gasteiger partial charge in [0.15, 0.2) is 0 Å². The third kappa shape index (κ3) is 3.77. The van der Waals surface area contributed by atoms with Crippen molar-refractivity contribution in [1.82, 2.24) is 0 Å². The van der Waals surface area contributed by atoms with Crippen LogP contribution in [0, 0.1) is 0 Å². The highest BCUT2D eigenvalue weighted by Crippen LogP contribution is 2.83. The average molecular weight is 258 g/mol. The number of hydrogen-bond acceptors (Lipinski definition) is 8. The first-order chi connectivity index (χ1) is 5.62. The summed E-state index contributed by atoms with van der Waals surface area (Å²) in [4.78, 5) is 42.4. The van der Waals surface area contributed by atoms with Gasteiger partial charge in [0.25, 0.3) is 0 Å². The summed E-state index contributed by atoms with van der Waals surface area (Å²) >= 11 is 0. The summed E-state index contributed by atoms with van der Waals surface area (Å²) in [6, 6.07) is 0. The summed E-state index contributed by atoms with van der Waals surface area (Å²) in [6.07, 6.45) is 0. The van der Waals surface area contributed by atoms with E-state index in [1.807, 2.05) is 0 Å². The molecule has 1 atom stereocenters. The first kappa shape index (κ1) is 11.8. The molecular formula is H5O10P3+2. The second-order valence-electron chi connectivity index (χ2n) is 1.76. The molecule has 0 aromatic rings. The predicted octanol–water partition coefficient (Wildman–Crippen LogP) is -0.594. The van der Waals surface area contributed by atoms with Crippen molar-refractivity contribution in [2.45, 2.75) is 0 Å². The molecule has 78 valence electrons. The SMILES string of the molecule is O=P(O)(O)O[P+]1(O)OO[P+](O)(O)O1. The lowest BCUT2D eigenvalue weighted by molar-refractivity contribution is -0.117. The highest BCUT2D eigenvalue weighted by atomic mass is 31.3. The molecule has 1 rings (SSSR count). The lowest BCUT2D eigenvalue weighted by Crippen LogP contribution is -1.95. The minimum absolute atomic E-state index is 3.59. The molecule has 1 saturated heterocycles. The van der Waals surface area contributed by atoms with Crippen molar-refractivity contribution in [2.24, 2.45) is 0 Å². The maximum Gasteiger partial charge on any atom is 0.666 e. The third-order valence-electron chi connectivity index (χ3n) is 0.644. The van der Waals surface area contributed by atoms with E-state index in [-0.39, 0.29) is 0 Å². The van der Waals surface area contributed by atoms with Gasteiger partial charge < -0.3 is 9.79 Å².